The molecule has 0 fully saturated rings. The van der Waals surface area contributed by atoms with E-state index in [9.17, 15) is 0 Å². The van der Waals surface area contributed by atoms with Gasteiger partial charge in [-0.2, -0.15) is 0 Å². The first-order valence-corrected chi connectivity index (χ1v) is 7.21. The van der Waals surface area contributed by atoms with Gasteiger partial charge in [-0.15, -0.1) is 0 Å². The molecule has 20 heavy (non-hydrogen) atoms. The fourth-order valence-corrected chi connectivity index (χ4v) is 2.76. The lowest BCUT2D eigenvalue weighted by atomic mass is 9.88. The minimum absolute atomic E-state index is 0.131. The van der Waals surface area contributed by atoms with Crippen molar-refractivity contribution < 1.29 is 4.74 Å². The number of ether oxygens (including phenoxy) is 1. The standard InChI is InChI=1S/C16H17ClN2O/c17-15-9-19-7-6-12(15)10-20-13-5-4-11-2-1-3-16(18)14(11)8-13/h4-9,16H,1-3,10,18H2/t16-/m0/s1. The monoisotopic (exact) mass is 288 g/mol. The van der Waals surface area contributed by atoms with Crippen LogP contribution in [0.5, 0.6) is 5.75 Å². The maximum Gasteiger partial charge on any atom is 0.120 e. The molecule has 3 nitrogen and oxygen atoms in total. The van der Waals surface area contributed by atoms with Gasteiger partial charge in [0, 0.05) is 24.0 Å². The maximum absolute atomic E-state index is 6.16. The second-order valence-electron chi connectivity index (χ2n) is 5.12. The average Bonchev–Trinajstić information content (AvgIpc) is 2.47. The molecular weight excluding hydrogens is 272 g/mol. The van der Waals surface area contributed by atoms with E-state index in [0.717, 1.165) is 24.2 Å². The Hall–Kier alpha value is -1.58. The SMILES string of the molecule is N[C@H]1CCCc2ccc(OCc3ccncc3Cl)cc21. The lowest BCUT2D eigenvalue weighted by molar-refractivity contribution is 0.305. The van der Waals surface area contributed by atoms with E-state index in [2.05, 4.69) is 17.1 Å². The molecule has 0 spiro atoms. The molecule has 3 rings (SSSR count). The molecule has 104 valence electrons. The minimum Gasteiger partial charge on any atom is -0.489 e. The summed E-state index contributed by atoms with van der Waals surface area (Å²) in [6, 6.07) is 8.19. The molecule has 1 aromatic heterocycles. The number of nitrogens with two attached hydrogens (primary N) is 1. The molecule has 0 bridgehead atoms. The van der Waals surface area contributed by atoms with Gasteiger partial charge in [0.1, 0.15) is 12.4 Å². The van der Waals surface area contributed by atoms with Gasteiger partial charge in [-0.05, 0) is 48.6 Å². The van der Waals surface area contributed by atoms with Crippen LogP contribution >= 0.6 is 11.6 Å². The number of hydrogen-bond acceptors (Lipinski definition) is 3. The van der Waals surface area contributed by atoms with Crippen LogP contribution in [0.3, 0.4) is 0 Å². The molecule has 1 aliphatic carbocycles. The van der Waals surface area contributed by atoms with Gasteiger partial charge in [0.05, 0.1) is 5.02 Å². The number of hydrogen-bond donors (Lipinski definition) is 1. The molecule has 0 saturated carbocycles. The third kappa shape index (κ3) is 2.79. The predicted octanol–water partition coefficient (Wildman–Crippen LogP) is 3.65. The average molecular weight is 289 g/mol. The highest BCUT2D eigenvalue weighted by molar-refractivity contribution is 6.31. The minimum atomic E-state index is 0.131. The van der Waals surface area contributed by atoms with Gasteiger partial charge in [0.15, 0.2) is 0 Å². The van der Waals surface area contributed by atoms with Crippen LogP contribution in [0.25, 0.3) is 0 Å². The number of aryl methyl sites for hydroxylation is 1. The van der Waals surface area contributed by atoms with Crippen LogP contribution in [0.4, 0.5) is 0 Å². The summed E-state index contributed by atoms with van der Waals surface area (Å²) in [5, 5.41) is 0.627. The van der Waals surface area contributed by atoms with Crippen molar-refractivity contribution in [1.82, 2.24) is 4.98 Å². The number of nitrogens with zero attached hydrogens (tertiary/aromatic N) is 1. The van der Waals surface area contributed by atoms with Gasteiger partial charge in [-0.1, -0.05) is 17.7 Å². The van der Waals surface area contributed by atoms with E-state index in [1.807, 2.05) is 12.1 Å². The van der Waals surface area contributed by atoms with E-state index in [1.54, 1.807) is 12.4 Å². The molecule has 2 N–H and O–H groups in total. The predicted molar refractivity (Wildman–Crippen MR) is 79.9 cm³/mol. The molecule has 4 heteroatoms. The molecule has 1 heterocycles. The van der Waals surface area contributed by atoms with Crippen molar-refractivity contribution in [1.29, 1.82) is 0 Å². The Labute approximate surface area is 123 Å². The zero-order valence-corrected chi connectivity index (χ0v) is 11.9. The number of rotatable bonds is 3. The summed E-state index contributed by atoms with van der Waals surface area (Å²) < 4.78 is 5.82. The Morgan fingerprint density at radius 1 is 1.35 bits per heavy atom. The second-order valence-corrected chi connectivity index (χ2v) is 5.52. The van der Waals surface area contributed by atoms with Crippen molar-refractivity contribution in [2.45, 2.75) is 31.9 Å². The third-order valence-corrected chi connectivity index (χ3v) is 4.07. The van der Waals surface area contributed by atoms with Crippen molar-refractivity contribution in [3.63, 3.8) is 0 Å². The lowest BCUT2D eigenvalue weighted by Gasteiger charge is -2.22. The van der Waals surface area contributed by atoms with Gasteiger partial charge < -0.3 is 10.5 Å². The highest BCUT2D eigenvalue weighted by Crippen LogP contribution is 2.31. The summed E-state index contributed by atoms with van der Waals surface area (Å²) in [5.41, 5.74) is 9.66. The van der Waals surface area contributed by atoms with Crippen LogP contribution in [0.15, 0.2) is 36.7 Å². The lowest BCUT2D eigenvalue weighted by Crippen LogP contribution is -2.17. The van der Waals surface area contributed by atoms with Gasteiger partial charge in [-0.3, -0.25) is 4.98 Å². The summed E-state index contributed by atoms with van der Waals surface area (Å²) in [4.78, 5) is 3.96. The molecular formula is C16H17ClN2O. The maximum atomic E-state index is 6.16. The fourth-order valence-electron chi connectivity index (χ4n) is 2.59. The summed E-state index contributed by atoms with van der Waals surface area (Å²) in [6.07, 6.45) is 6.67. The van der Waals surface area contributed by atoms with Crippen LogP contribution in [0, 0.1) is 0 Å². The molecule has 1 atom stereocenters. The highest BCUT2D eigenvalue weighted by atomic mass is 35.5. The molecule has 0 radical (unpaired) electrons. The normalized spacial score (nSPS) is 17.6. The zero-order valence-electron chi connectivity index (χ0n) is 11.2. The number of fused-ring (bicyclic) bond motifs is 1. The van der Waals surface area contributed by atoms with E-state index in [1.165, 1.54) is 17.5 Å². The molecule has 2 aromatic rings. The van der Waals surface area contributed by atoms with Crippen molar-refractivity contribution in [3.05, 3.63) is 58.4 Å². The first-order valence-electron chi connectivity index (χ1n) is 6.83. The van der Waals surface area contributed by atoms with Crippen molar-refractivity contribution in [3.8, 4) is 5.75 Å². The quantitative estimate of drug-likeness (QED) is 0.938. The summed E-state index contributed by atoms with van der Waals surface area (Å²) in [6.45, 7) is 0.440. The summed E-state index contributed by atoms with van der Waals surface area (Å²) in [5.74, 6) is 0.842. The fraction of sp³-hybridized carbons (Fsp3) is 0.312. The number of aromatic nitrogens is 1. The Morgan fingerprint density at radius 2 is 2.25 bits per heavy atom. The van der Waals surface area contributed by atoms with Gasteiger partial charge >= 0.3 is 0 Å². The molecule has 0 aliphatic heterocycles. The second kappa shape index (κ2) is 5.81. The van der Waals surface area contributed by atoms with E-state index in [0.29, 0.717) is 11.6 Å². The highest BCUT2D eigenvalue weighted by Gasteiger charge is 2.17. The Balaban J connectivity index is 1.75. The van der Waals surface area contributed by atoms with E-state index >= 15 is 0 Å². The molecule has 0 unspecified atom stereocenters. The van der Waals surface area contributed by atoms with Crippen LogP contribution in [0.2, 0.25) is 5.02 Å². The topological polar surface area (TPSA) is 48.1 Å². The number of pyridine rings is 1. The van der Waals surface area contributed by atoms with Gasteiger partial charge in [-0.25, -0.2) is 0 Å². The first-order chi connectivity index (χ1) is 9.74. The first kappa shape index (κ1) is 13.4. The summed E-state index contributed by atoms with van der Waals surface area (Å²) >= 11 is 6.07. The van der Waals surface area contributed by atoms with E-state index < -0.39 is 0 Å². The van der Waals surface area contributed by atoms with Crippen molar-refractivity contribution in [2.75, 3.05) is 0 Å². The Kier molecular flexibility index (Phi) is 3.90. The van der Waals surface area contributed by atoms with E-state index in [-0.39, 0.29) is 6.04 Å². The van der Waals surface area contributed by atoms with Crippen LogP contribution in [-0.2, 0) is 13.0 Å². The number of halogens is 1. The smallest absolute Gasteiger partial charge is 0.120 e. The Bertz CT molecular complexity index is 615. The van der Waals surface area contributed by atoms with Gasteiger partial charge in [0.25, 0.3) is 0 Å². The molecule has 0 saturated heterocycles. The third-order valence-electron chi connectivity index (χ3n) is 3.73. The molecule has 1 aliphatic rings. The largest absolute Gasteiger partial charge is 0.489 e. The van der Waals surface area contributed by atoms with Crippen LogP contribution in [-0.4, -0.2) is 4.98 Å². The Morgan fingerprint density at radius 3 is 3.10 bits per heavy atom. The molecule has 1 aromatic carbocycles. The van der Waals surface area contributed by atoms with Crippen molar-refractivity contribution in [2.24, 2.45) is 5.73 Å². The zero-order chi connectivity index (χ0) is 13.9. The number of benzene rings is 1. The molecule has 0 amide bonds. The van der Waals surface area contributed by atoms with Crippen LogP contribution in [0.1, 0.15) is 35.6 Å². The van der Waals surface area contributed by atoms with Crippen LogP contribution < -0.4 is 10.5 Å². The van der Waals surface area contributed by atoms with Crippen molar-refractivity contribution >= 4 is 11.6 Å². The van der Waals surface area contributed by atoms with E-state index in [4.69, 9.17) is 22.1 Å². The summed E-state index contributed by atoms with van der Waals surface area (Å²) in [7, 11) is 0. The van der Waals surface area contributed by atoms with Gasteiger partial charge in [0.2, 0.25) is 0 Å².